The zero-order valence-electron chi connectivity index (χ0n) is 16.0. The molecule has 0 aromatic carbocycles. The molecule has 10 nitrogen and oxygen atoms in total. The van der Waals surface area contributed by atoms with E-state index in [9.17, 15) is 4.79 Å². The third-order valence-corrected chi connectivity index (χ3v) is 4.66. The van der Waals surface area contributed by atoms with Gasteiger partial charge in [-0.3, -0.25) is 9.48 Å². The highest BCUT2D eigenvalue weighted by molar-refractivity contribution is 5.90. The Hall–Kier alpha value is -3.27. The molecule has 0 atom stereocenters. The van der Waals surface area contributed by atoms with Crippen LogP contribution in [0.1, 0.15) is 16.2 Å². The van der Waals surface area contributed by atoms with Gasteiger partial charge in [-0.05, 0) is 19.5 Å². The number of carbonyl (C=O) groups is 1. The molecule has 2 N–H and O–H groups in total. The second kappa shape index (κ2) is 7.39. The SMILES string of the molecule is Cc1cnc(Nc2ccnn2C)nc1-c1coc(C(=O)NCC2CN(C)C2)n1. The van der Waals surface area contributed by atoms with Gasteiger partial charge in [-0.2, -0.15) is 5.10 Å². The van der Waals surface area contributed by atoms with E-state index < -0.39 is 0 Å². The number of amides is 1. The zero-order chi connectivity index (χ0) is 19.7. The smallest absolute Gasteiger partial charge is 0.307 e. The minimum absolute atomic E-state index is 0.0295. The molecular weight excluding hydrogens is 360 g/mol. The van der Waals surface area contributed by atoms with Crippen LogP contribution in [-0.4, -0.2) is 62.2 Å². The highest BCUT2D eigenvalue weighted by Gasteiger charge is 2.24. The summed E-state index contributed by atoms with van der Waals surface area (Å²) in [6.45, 7) is 4.48. The van der Waals surface area contributed by atoms with Crippen molar-refractivity contribution >= 4 is 17.7 Å². The zero-order valence-corrected chi connectivity index (χ0v) is 16.0. The number of hydrogen-bond acceptors (Lipinski definition) is 8. The molecule has 4 heterocycles. The molecule has 0 unspecified atom stereocenters. The Balaban J connectivity index is 1.47. The van der Waals surface area contributed by atoms with Crippen LogP contribution >= 0.6 is 0 Å². The number of rotatable bonds is 6. The Labute approximate surface area is 162 Å². The summed E-state index contributed by atoms with van der Waals surface area (Å²) in [6.07, 6.45) is 4.82. The van der Waals surface area contributed by atoms with Crippen molar-refractivity contribution in [2.75, 3.05) is 32.0 Å². The first-order valence-electron chi connectivity index (χ1n) is 9.01. The van der Waals surface area contributed by atoms with Crippen LogP contribution in [0.4, 0.5) is 11.8 Å². The van der Waals surface area contributed by atoms with E-state index >= 15 is 0 Å². The fraction of sp³-hybridized carbons (Fsp3) is 0.389. The van der Waals surface area contributed by atoms with Gasteiger partial charge in [0, 0.05) is 44.9 Å². The largest absolute Gasteiger partial charge is 0.440 e. The van der Waals surface area contributed by atoms with Gasteiger partial charge in [-0.1, -0.05) is 0 Å². The van der Waals surface area contributed by atoms with Crippen molar-refractivity contribution in [3.8, 4) is 11.4 Å². The average molecular weight is 382 g/mol. The highest BCUT2D eigenvalue weighted by Crippen LogP contribution is 2.22. The maximum atomic E-state index is 12.3. The molecule has 1 amide bonds. The van der Waals surface area contributed by atoms with Crippen molar-refractivity contribution in [3.63, 3.8) is 0 Å². The lowest BCUT2D eigenvalue weighted by atomic mass is 10.0. The van der Waals surface area contributed by atoms with Gasteiger partial charge in [-0.25, -0.2) is 15.0 Å². The molecule has 0 radical (unpaired) electrons. The lowest BCUT2D eigenvalue weighted by molar-refractivity contribution is 0.0865. The summed E-state index contributed by atoms with van der Waals surface area (Å²) in [5.74, 6) is 1.36. The molecule has 3 aromatic heterocycles. The first-order valence-corrected chi connectivity index (χ1v) is 9.01. The summed E-state index contributed by atoms with van der Waals surface area (Å²) in [5.41, 5.74) is 1.91. The minimum atomic E-state index is -0.319. The number of aromatic nitrogens is 5. The second-order valence-electron chi connectivity index (χ2n) is 7.03. The van der Waals surface area contributed by atoms with Crippen molar-refractivity contribution < 1.29 is 9.21 Å². The number of nitrogens with zero attached hydrogens (tertiary/aromatic N) is 6. The molecule has 0 aliphatic carbocycles. The maximum absolute atomic E-state index is 12.3. The Kier molecular flexibility index (Phi) is 4.78. The van der Waals surface area contributed by atoms with Crippen molar-refractivity contribution in [3.05, 3.63) is 36.2 Å². The standard InChI is InChI=1S/C18H22N8O2/c1-11-6-20-18(23-14-4-5-21-26(14)3)24-15(11)13-10-28-17(22-13)16(27)19-7-12-8-25(2)9-12/h4-6,10,12H,7-9H2,1-3H3,(H,19,27)(H,20,23,24). The molecule has 0 bridgehead atoms. The summed E-state index contributed by atoms with van der Waals surface area (Å²) in [5, 5.41) is 10.1. The minimum Gasteiger partial charge on any atom is -0.440 e. The monoisotopic (exact) mass is 382 g/mol. The topological polar surface area (TPSA) is 114 Å². The Morgan fingerprint density at radius 1 is 1.32 bits per heavy atom. The normalized spacial score (nSPS) is 14.7. The van der Waals surface area contributed by atoms with E-state index in [1.165, 1.54) is 6.26 Å². The van der Waals surface area contributed by atoms with Crippen LogP contribution in [-0.2, 0) is 7.05 Å². The van der Waals surface area contributed by atoms with Crippen molar-refractivity contribution in [1.29, 1.82) is 0 Å². The Bertz CT molecular complexity index is 989. The van der Waals surface area contributed by atoms with Gasteiger partial charge in [0.25, 0.3) is 5.89 Å². The molecule has 0 spiro atoms. The van der Waals surface area contributed by atoms with Crippen molar-refractivity contribution in [1.82, 2.24) is 34.9 Å². The predicted octanol–water partition coefficient (Wildman–Crippen LogP) is 1.21. The summed E-state index contributed by atoms with van der Waals surface area (Å²) in [7, 11) is 3.88. The average Bonchev–Trinajstić information content (AvgIpc) is 3.29. The Morgan fingerprint density at radius 2 is 2.14 bits per heavy atom. The van der Waals surface area contributed by atoms with E-state index in [1.807, 2.05) is 20.0 Å². The van der Waals surface area contributed by atoms with Crippen LogP contribution in [0.15, 0.2) is 29.1 Å². The molecule has 1 aliphatic heterocycles. The van der Waals surface area contributed by atoms with Crippen LogP contribution in [0.2, 0.25) is 0 Å². The first-order chi connectivity index (χ1) is 13.5. The van der Waals surface area contributed by atoms with Gasteiger partial charge in [0.05, 0.1) is 6.20 Å². The fourth-order valence-electron chi connectivity index (χ4n) is 3.13. The first kappa shape index (κ1) is 18.1. The molecule has 10 heteroatoms. The molecule has 28 heavy (non-hydrogen) atoms. The maximum Gasteiger partial charge on any atom is 0.307 e. The van der Waals surface area contributed by atoms with E-state index in [2.05, 4.69) is 42.6 Å². The third kappa shape index (κ3) is 3.72. The molecule has 1 aliphatic rings. The molecule has 1 saturated heterocycles. The van der Waals surface area contributed by atoms with E-state index in [0.717, 1.165) is 24.5 Å². The number of likely N-dealkylation sites (tertiary alicyclic amines) is 1. The van der Waals surface area contributed by atoms with Gasteiger partial charge >= 0.3 is 5.91 Å². The van der Waals surface area contributed by atoms with Gasteiger partial charge < -0.3 is 20.0 Å². The number of anilines is 2. The number of hydrogen-bond donors (Lipinski definition) is 2. The lowest BCUT2D eigenvalue weighted by Gasteiger charge is -2.36. The molecule has 0 saturated carbocycles. The fourth-order valence-corrected chi connectivity index (χ4v) is 3.13. The van der Waals surface area contributed by atoms with Gasteiger partial charge in [0.2, 0.25) is 5.95 Å². The van der Waals surface area contributed by atoms with Crippen LogP contribution in [0.25, 0.3) is 11.4 Å². The van der Waals surface area contributed by atoms with Crippen LogP contribution < -0.4 is 10.6 Å². The number of carbonyl (C=O) groups excluding carboxylic acids is 1. The summed E-state index contributed by atoms with van der Waals surface area (Å²) in [4.78, 5) is 27.6. The number of oxazole rings is 1. The second-order valence-corrected chi connectivity index (χ2v) is 7.03. The number of nitrogens with one attached hydrogen (secondary N) is 2. The van der Waals surface area contributed by atoms with E-state index in [-0.39, 0.29) is 11.8 Å². The van der Waals surface area contributed by atoms with Gasteiger partial charge in [0.15, 0.2) is 0 Å². The number of aryl methyl sites for hydroxylation is 2. The van der Waals surface area contributed by atoms with Gasteiger partial charge in [-0.15, -0.1) is 0 Å². The summed E-state index contributed by atoms with van der Waals surface area (Å²) >= 11 is 0. The van der Waals surface area contributed by atoms with E-state index in [4.69, 9.17) is 4.42 Å². The summed E-state index contributed by atoms with van der Waals surface area (Å²) in [6, 6.07) is 1.82. The quantitative estimate of drug-likeness (QED) is 0.654. The molecule has 1 fully saturated rings. The molecule has 146 valence electrons. The van der Waals surface area contributed by atoms with E-state index in [1.54, 1.807) is 17.1 Å². The lowest BCUT2D eigenvalue weighted by Crippen LogP contribution is -2.49. The molecule has 4 rings (SSSR count). The predicted molar refractivity (Wildman–Crippen MR) is 102 cm³/mol. The van der Waals surface area contributed by atoms with Crippen LogP contribution in [0.5, 0.6) is 0 Å². The van der Waals surface area contributed by atoms with Crippen LogP contribution in [0, 0.1) is 12.8 Å². The van der Waals surface area contributed by atoms with Gasteiger partial charge in [0.1, 0.15) is 23.5 Å². The summed E-state index contributed by atoms with van der Waals surface area (Å²) < 4.78 is 7.06. The van der Waals surface area contributed by atoms with Crippen LogP contribution in [0.3, 0.4) is 0 Å². The van der Waals surface area contributed by atoms with Crippen molar-refractivity contribution in [2.45, 2.75) is 6.92 Å². The highest BCUT2D eigenvalue weighted by atomic mass is 16.4. The Morgan fingerprint density at radius 3 is 2.86 bits per heavy atom. The third-order valence-electron chi connectivity index (χ3n) is 4.66. The molecule has 3 aromatic rings. The molecular formula is C18H22N8O2. The van der Waals surface area contributed by atoms with Crippen molar-refractivity contribution in [2.24, 2.45) is 13.0 Å². The van der Waals surface area contributed by atoms with E-state index in [0.29, 0.717) is 29.8 Å².